The number of aromatic carboxylic acids is 1. The van der Waals surface area contributed by atoms with Crippen molar-refractivity contribution in [3.63, 3.8) is 0 Å². The Morgan fingerprint density at radius 2 is 2.07 bits per heavy atom. The number of hydrogen-bond acceptors (Lipinski definition) is 7. The van der Waals surface area contributed by atoms with Gasteiger partial charge in [0.25, 0.3) is 5.91 Å². The molecule has 28 heavy (non-hydrogen) atoms. The summed E-state index contributed by atoms with van der Waals surface area (Å²) in [5.41, 5.74) is 5.72. The number of thiophene rings is 1. The molecule has 0 aliphatic rings. The Balaban J connectivity index is 2.17. The summed E-state index contributed by atoms with van der Waals surface area (Å²) < 4.78 is 6.31. The maximum Gasteiger partial charge on any atom is 0.354 e. The third-order valence-electron chi connectivity index (χ3n) is 3.75. The van der Waals surface area contributed by atoms with Gasteiger partial charge in [-0.2, -0.15) is 5.10 Å². The van der Waals surface area contributed by atoms with E-state index in [1.165, 1.54) is 16.9 Å². The minimum atomic E-state index is -1.15. The van der Waals surface area contributed by atoms with Crippen LogP contribution in [-0.2, 0) is 16.1 Å². The van der Waals surface area contributed by atoms with Gasteiger partial charge in [-0.1, -0.05) is 6.92 Å². The molecular formula is C17H20N4O6S. The first kappa shape index (κ1) is 21.1. The Morgan fingerprint density at radius 3 is 2.68 bits per heavy atom. The summed E-state index contributed by atoms with van der Waals surface area (Å²) in [6, 6.07) is 1.32. The van der Waals surface area contributed by atoms with E-state index < -0.39 is 23.8 Å². The largest absolute Gasteiger partial charge is 0.477 e. The molecule has 2 aromatic heterocycles. The SMILES string of the molecule is CCCOC(=O)c1c(NC(=O)CCn2nccc2C(=O)O)sc(C(N)=O)c1C. The van der Waals surface area contributed by atoms with Gasteiger partial charge in [-0.25, -0.2) is 9.59 Å². The second kappa shape index (κ2) is 9.13. The second-order valence-corrected chi connectivity index (χ2v) is 6.82. The molecule has 0 aliphatic carbocycles. The van der Waals surface area contributed by atoms with Gasteiger partial charge in [0.2, 0.25) is 5.91 Å². The fourth-order valence-corrected chi connectivity index (χ4v) is 3.50. The van der Waals surface area contributed by atoms with Crippen LogP contribution in [0.4, 0.5) is 5.00 Å². The normalized spacial score (nSPS) is 10.5. The van der Waals surface area contributed by atoms with Crippen LogP contribution < -0.4 is 11.1 Å². The Hall–Kier alpha value is -3.21. The van der Waals surface area contributed by atoms with E-state index in [0.717, 1.165) is 11.3 Å². The molecule has 11 heteroatoms. The van der Waals surface area contributed by atoms with E-state index in [2.05, 4.69) is 10.4 Å². The van der Waals surface area contributed by atoms with E-state index in [4.69, 9.17) is 15.6 Å². The van der Waals surface area contributed by atoms with Crippen molar-refractivity contribution in [1.29, 1.82) is 0 Å². The van der Waals surface area contributed by atoms with E-state index in [9.17, 15) is 19.2 Å². The van der Waals surface area contributed by atoms with E-state index in [1.54, 1.807) is 6.92 Å². The number of anilines is 1. The smallest absolute Gasteiger partial charge is 0.354 e. The van der Waals surface area contributed by atoms with E-state index in [0.29, 0.717) is 12.0 Å². The van der Waals surface area contributed by atoms with Crippen molar-refractivity contribution in [2.75, 3.05) is 11.9 Å². The Labute approximate surface area is 164 Å². The number of aryl methyl sites for hydroxylation is 1. The maximum absolute atomic E-state index is 12.3. The van der Waals surface area contributed by atoms with Crippen LogP contribution in [0.25, 0.3) is 0 Å². The van der Waals surface area contributed by atoms with Crippen molar-refractivity contribution in [3.8, 4) is 0 Å². The second-order valence-electron chi connectivity index (χ2n) is 5.80. The number of esters is 1. The van der Waals surface area contributed by atoms with Gasteiger partial charge in [0, 0.05) is 12.6 Å². The Kier molecular flexibility index (Phi) is 6.88. The van der Waals surface area contributed by atoms with E-state index >= 15 is 0 Å². The van der Waals surface area contributed by atoms with Crippen LogP contribution in [0.2, 0.25) is 0 Å². The highest BCUT2D eigenvalue weighted by molar-refractivity contribution is 7.18. The molecule has 0 aliphatic heterocycles. The number of nitrogens with zero attached hydrogens (tertiary/aromatic N) is 2. The van der Waals surface area contributed by atoms with E-state index in [1.807, 2.05) is 6.92 Å². The van der Waals surface area contributed by atoms with Gasteiger partial charge in [0.15, 0.2) is 0 Å². The number of aromatic nitrogens is 2. The highest BCUT2D eigenvalue weighted by Gasteiger charge is 2.25. The number of amides is 2. The lowest BCUT2D eigenvalue weighted by molar-refractivity contribution is -0.116. The maximum atomic E-state index is 12.3. The van der Waals surface area contributed by atoms with Gasteiger partial charge in [-0.3, -0.25) is 14.3 Å². The van der Waals surface area contributed by atoms with Crippen LogP contribution >= 0.6 is 11.3 Å². The predicted octanol–water partition coefficient (Wildman–Crippen LogP) is 1.65. The number of nitrogens with one attached hydrogen (secondary N) is 1. The molecule has 2 aromatic rings. The topological polar surface area (TPSA) is 154 Å². The van der Waals surface area contributed by atoms with E-state index in [-0.39, 0.29) is 40.7 Å². The fraction of sp³-hybridized carbons (Fsp3) is 0.353. The average Bonchev–Trinajstić information content (AvgIpc) is 3.22. The van der Waals surface area contributed by atoms with Crippen molar-refractivity contribution >= 4 is 40.1 Å². The first-order valence-corrected chi connectivity index (χ1v) is 9.23. The molecule has 0 saturated carbocycles. The molecule has 2 amide bonds. The zero-order chi connectivity index (χ0) is 20.8. The quantitative estimate of drug-likeness (QED) is 0.533. The molecule has 150 valence electrons. The molecule has 2 heterocycles. The monoisotopic (exact) mass is 408 g/mol. The zero-order valence-electron chi connectivity index (χ0n) is 15.4. The standard InChI is InChI=1S/C17H20N4O6S/c1-3-8-27-17(26)12-9(2)13(14(18)23)28-15(12)20-11(22)5-7-21-10(16(24)25)4-6-19-21/h4,6H,3,5,7-8H2,1-2H3,(H2,18,23)(H,20,22)(H,24,25). The molecule has 0 unspecified atom stereocenters. The summed E-state index contributed by atoms with van der Waals surface area (Å²) >= 11 is 0.892. The van der Waals surface area contributed by atoms with Gasteiger partial charge >= 0.3 is 11.9 Å². The first-order chi connectivity index (χ1) is 13.3. The van der Waals surface area contributed by atoms with Gasteiger partial charge in [-0.05, 0) is 25.0 Å². The number of ether oxygens (including phenoxy) is 1. The van der Waals surface area contributed by atoms with Crippen molar-refractivity contribution in [2.45, 2.75) is 33.2 Å². The number of rotatable bonds is 9. The highest BCUT2D eigenvalue weighted by atomic mass is 32.1. The van der Waals surface area contributed by atoms with Gasteiger partial charge in [0.05, 0.1) is 23.6 Å². The van der Waals surface area contributed by atoms with Gasteiger partial charge in [-0.15, -0.1) is 11.3 Å². The predicted molar refractivity (Wildman–Crippen MR) is 101 cm³/mol. The summed E-state index contributed by atoms with van der Waals surface area (Å²) in [4.78, 5) is 47.5. The molecule has 0 bridgehead atoms. The molecular weight excluding hydrogens is 388 g/mol. The molecule has 0 fully saturated rings. The number of hydrogen-bond donors (Lipinski definition) is 3. The lowest BCUT2D eigenvalue weighted by Gasteiger charge is -2.08. The first-order valence-electron chi connectivity index (χ1n) is 8.41. The van der Waals surface area contributed by atoms with Crippen molar-refractivity contribution in [3.05, 3.63) is 34.0 Å². The summed E-state index contributed by atoms with van der Waals surface area (Å²) in [5.74, 6) is -3.00. The third kappa shape index (κ3) is 4.74. The van der Waals surface area contributed by atoms with Crippen LogP contribution in [0.5, 0.6) is 0 Å². The highest BCUT2D eigenvalue weighted by Crippen LogP contribution is 2.33. The van der Waals surface area contributed by atoms with Gasteiger partial charge in [0.1, 0.15) is 10.7 Å². The summed E-state index contributed by atoms with van der Waals surface area (Å²) in [5, 5.41) is 15.7. The molecule has 4 N–H and O–H groups in total. The molecule has 10 nitrogen and oxygen atoms in total. The summed E-state index contributed by atoms with van der Waals surface area (Å²) in [6.45, 7) is 3.62. The van der Waals surface area contributed by atoms with Crippen LogP contribution in [0.3, 0.4) is 0 Å². The van der Waals surface area contributed by atoms with Gasteiger partial charge < -0.3 is 20.9 Å². The summed E-state index contributed by atoms with van der Waals surface area (Å²) in [7, 11) is 0. The summed E-state index contributed by atoms with van der Waals surface area (Å²) in [6.07, 6.45) is 1.86. The minimum Gasteiger partial charge on any atom is -0.477 e. The number of primary amides is 1. The molecule has 0 aromatic carbocycles. The molecule has 0 atom stereocenters. The van der Waals surface area contributed by atoms with Crippen LogP contribution in [0, 0.1) is 6.92 Å². The minimum absolute atomic E-state index is 0.0309. The number of carbonyl (C=O) groups is 4. The number of carbonyl (C=O) groups excluding carboxylic acids is 3. The van der Waals surface area contributed by atoms with Crippen LogP contribution in [0.15, 0.2) is 12.3 Å². The van der Waals surface area contributed by atoms with Crippen LogP contribution in [-0.4, -0.2) is 45.2 Å². The zero-order valence-corrected chi connectivity index (χ0v) is 16.2. The number of carboxylic acid groups (broad SMARTS) is 1. The average molecular weight is 408 g/mol. The molecule has 2 rings (SSSR count). The Bertz CT molecular complexity index is 917. The molecule has 0 radical (unpaired) electrons. The lowest BCUT2D eigenvalue weighted by Crippen LogP contribution is -2.18. The third-order valence-corrected chi connectivity index (χ3v) is 4.97. The molecule has 0 saturated heterocycles. The number of nitrogens with two attached hydrogens (primary N) is 1. The van der Waals surface area contributed by atoms with Crippen LogP contribution in [0.1, 0.15) is 55.8 Å². The van der Waals surface area contributed by atoms with Crippen molar-refractivity contribution in [2.24, 2.45) is 5.73 Å². The van der Waals surface area contributed by atoms with Crippen molar-refractivity contribution < 1.29 is 29.0 Å². The number of carboxylic acids is 1. The fourth-order valence-electron chi connectivity index (χ4n) is 2.44. The molecule has 0 spiro atoms. The Morgan fingerprint density at radius 1 is 1.36 bits per heavy atom. The van der Waals surface area contributed by atoms with Crippen molar-refractivity contribution in [1.82, 2.24) is 9.78 Å². The lowest BCUT2D eigenvalue weighted by atomic mass is 10.1.